The molecule has 0 amide bonds. The number of halogens is 1. The number of esters is 1. The maximum absolute atomic E-state index is 13.0. The summed E-state index contributed by atoms with van der Waals surface area (Å²) >= 11 is 0. The van der Waals surface area contributed by atoms with E-state index in [4.69, 9.17) is 5.73 Å². The second-order valence-corrected chi connectivity index (χ2v) is 5.74. The van der Waals surface area contributed by atoms with Gasteiger partial charge in [0.05, 0.1) is 17.9 Å². The fourth-order valence-electron chi connectivity index (χ4n) is 2.57. The molecule has 1 aliphatic carbocycles. The van der Waals surface area contributed by atoms with Gasteiger partial charge in [-0.1, -0.05) is 37.3 Å². The number of nitrogens with two attached hydrogens (primary N) is 1. The molecule has 0 radical (unpaired) electrons. The molecule has 0 saturated heterocycles. The van der Waals surface area contributed by atoms with Crippen molar-refractivity contribution in [2.45, 2.75) is 20.3 Å². The molecule has 0 heterocycles. The molecule has 0 bridgehead atoms. The number of rotatable bonds is 3. The van der Waals surface area contributed by atoms with Crippen molar-refractivity contribution in [2.24, 2.45) is 5.73 Å². The number of fused-ring (bicyclic) bond motifs is 1. The number of carbonyl (C=O) groups excluding carboxylic acids is 2. The van der Waals surface area contributed by atoms with E-state index in [2.05, 4.69) is 4.74 Å². The van der Waals surface area contributed by atoms with Gasteiger partial charge in [0, 0.05) is 6.42 Å². The van der Waals surface area contributed by atoms with Crippen molar-refractivity contribution in [3.63, 3.8) is 0 Å². The van der Waals surface area contributed by atoms with Gasteiger partial charge in [-0.25, -0.2) is 4.39 Å². The average Bonchev–Trinajstić information content (AvgIpc) is 2.68. The lowest BCUT2D eigenvalue weighted by Gasteiger charge is -2.16. The van der Waals surface area contributed by atoms with E-state index in [-0.39, 0.29) is 17.6 Å². The summed E-state index contributed by atoms with van der Waals surface area (Å²) < 4.78 is 17.5. The van der Waals surface area contributed by atoms with E-state index in [0.717, 1.165) is 11.1 Å². The maximum atomic E-state index is 13.0. The van der Waals surface area contributed by atoms with Gasteiger partial charge in [-0.2, -0.15) is 0 Å². The van der Waals surface area contributed by atoms with Gasteiger partial charge in [0.25, 0.3) is 0 Å². The molecule has 0 atom stereocenters. The zero-order valence-electron chi connectivity index (χ0n) is 15.4. The highest BCUT2D eigenvalue weighted by atomic mass is 19.1. The molecule has 0 unspecified atom stereocenters. The van der Waals surface area contributed by atoms with Gasteiger partial charge in [-0.05, 0) is 54.0 Å². The molecule has 0 spiro atoms. The predicted octanol–water partition coefficient (Wildman–Crippen LogP) is 4.21. The molecule has 1 aliphatic rings. The zero-order chi connectivity index (χ0) is 19.8. The van der Waals surface area contributed by atoms with Crippen molar-refractivity contribution in [3.8, 4) is 0 Å². The highest BCUT2D eigenvalue weighted by molar-refractivity contribution is 6.34. The highest BCUT2D eigenvalue weighted by Crippen LogP contribution is 2.30. The number of carbonyl (C=O) groups is 2. The quantitative estimate of drug-likeness (QED) is 0.652. The largest absolute Gasteiger partial charge is 0.466 e. The van der Waals surface area contributed by atoms with Crippen LogP contribution >= 0.6 is 0 Å². The third-order valence-corrected chi connectivity index (χ3v) is 3.91. The molecule has 27 heavy (non-hydrogen) atoms. The number of allylic oxidation sites excluding steroid dienone is 2. The first-order valence-corrected chi connectivity index (χ1v) is 8.71. The molecule has 2 N–H and O–H groups in total. The predicted molar refractivity (Wildman–Crippen MR) is 105 cm³/mol. The van der Waals surface area contributed by atoms with Crippen LogP contribution in [0.3, 0.4) is 0 Å². The lowest BCUT2D eigenvalue weighted by molar-refractivity contribution is -0.142. The number of hydrogen-bond acceptors (Lipinski definition) is 4. The van der Waals surface area contributed by atoms with Crippen molar-refractivity contribution in [2.75, 3.05) is 6.61 Å². The minimum absolute atomic E-state index is 0.123. The summed E-state index contributed by atoms with van der Waals surface area (Å²) in [6.45, 7) is 4.07. The van der Waals surface area contributed by atoms with Crippen LogP contribution < -0.4 is 5.73 Å². The molecule has 4 nitrogen and oxygen atoms in total. The van der Waals surface area contributed by atoms with Gasteiger partial charge >= 0.3 is 5.97 Å². The summed E-state index contributed by atoms with van der Waals surface area (Å²) in [6, 6.07) is 13.4. The van der Waals surface area contributed by atoms with E-state index < -0.39 is 0 Å². The van der Waals surface area contributed by atoms with Crippen LogP contribution in [0.5, 0.6) is 0 Å². The molecule has 0 aliphatic heterocycles. The van der Waals surface area contributed by atoms with E-state index in [1.165, 1.54) is 18.2 Å². The fourth-order valence-corrected chi connectivity index (χ4v) is 2.57. The summed E-state index contributed by atoms with van der Waals surface area (Å²) in [5.74, 6) is -0.588. The Hall–Kier alpha value is -3.21. The summed E-state index contributed by atoms with van der Waals surface area (Å²) in [6.07, 6.45) is 3.76. The number of ether oxygens (including phenoxy) is 1. The van der Waals surface area contributed by atoms with Gasteiger partial charge in [-0.3, -0.25) is 9.59 Å². The van der Waals surface area contributed by atoms with Crippen LogP contribution in [0, 0.1) is 5.82 Å². The van der Waals surface area contributed by atoms with Crippen molar-refractivity contribution < 1.29 is 18.7 Å². The molecule has 0 fully saturated rings. The van der Waals surface area contributed by atoms with Crippen LogP contribution in [0.1, 0.15) is 37.0 Å². The molecular weight excluding hydrogens is 345 g/mol. The molecule has 2 aromatic carbocycles. The van der Waals surface area contributed by atoms with Gasteiger partial charge in [-0.15, -0.1) is 0 Å². The first kappa shape index (κ1) is 20.1. The van der Waals surface area contributed by atoms with Crippen LogP contribution in [-0.2, 0) is 14.3 Å². The van der Waals surface area contributed by atoms with Gasteiger partial charge in [0.2, 0.25) is 0 Å². The summed E-state index contributed by atoms with van der Waals surface area (Å²) in [5.41, 5.74) is 9.36. The Morgan fingerprint density at radius 2 is 1.70 bits per heavy atom. The number of ketones is 1. The molecule has 5 heteroatoms. The van der Waals surface area contributed by atoms with Crippen LogP contribution in [0.2, 0.25) is 0 Å². The van der Waals surface area contributed by atoms with Crippen LogP contribution in [0.25, 0.3) is 17.3 Å². The zero-order valence-corrected chi connectivity index (χ0v) is 15.4. The molecule has 0 saturated carbocycles. The fraction of sp³-hybridized carbons (Fsp3) is 0.182. The summed E-state index contributed by atoms with van der Waals surface area (Å²) in [5, 5.41) is 0. The van der Waals surface area contributed by atoms with Gasteiger partial charge in [0.15, 0.2) is 5.78 Å². The maximum Gasteiger partial charge on any atom is 0.305 e. The normalized spacial score (nSPS) is 14.0. The smallest absolute Gasteiger partial charge is 0.305 e. The first-order chi connectivity index (χ1) is 13.0. The molecule has 2 aromatic rings. The van der Waals surface area contributed by atoms with E-state index in [0.29, 0.717) is 29.9 Å². The lowest BCUT2D eigenvalue weighted by Crippen LogP contribution is -2.11. The van der Waals surface area contributed by atoms with Crippen LogP contribution in [-0.4, -0.2) is 18.4 Å². The van der Waals surface area contributed by atoms with E-state index in [1.54, 1.807) is 32.1 Å². The van der Waals surface area contributed by atoms with E-state index >= 15 is 0 Å². The highest BCUT2D eigenvalue weighted by Gasteiger charge is 2.20. The Labute approximate surface area is 158 Å². The Kier molecular flexibility index (Phi) is 7.06. The standard InChI is InChI=1S/C17H12FNO.C5H10O2/c18-13-8-5-12(6-9-13)17(19)16-14-4-2-1-3-11(14)7-10-15(16)20;1-3-5(6)7-4-2/h1-10H,19H2;3-4H2,1-2H3. The second-order valence-electron chi connectivity index (χ2n) is 5.74. The Bertz CT molecular complexity index is 883. The van der Waals surface area contributed by atoms with Gasteiger partial charge < -0.3 is 10.5 Å². The molecule has 140 valence electrons. The third-order valence-electron chi connectivity index (χ3n) is 3.91. The SMILES string of the molecule is CCOC(=O)CC.NC(=C1C(=O)C=Cc2ccccc21)c1ccc(F)cc1. The topological polar surface area (TPSA) is 69.4 Å². The molecule has 3 rings (SSSR count). The van der Waals surface area contributed by atoms with E-state index in [9.17, 15) is 14.0 Å². The number of benzene rings is 2. The van der Waals surface area contributed by atoms with Crippen LogP contribution in [0.4, 0.5) is 4.39 Å². The Balaban J connectivity index is 0.000000321. The second kappa shape index (κ2) is 9.48. The third kappa shape index (κ3) is 5.14. The van der Waals surface area contributed by atoms with Crippen molar-refractivity contribution in [3.05, 3.63) is 77.1 Å². The van der Waals surface area contributed by atoms with Crippen molar-refractivity contribution in [1.82, 2.24) is 0 Å². The first-order valence-electron chi connectivity index (χ1n) is 8.71. The Morgan fingerprint density at radius 1 is 1.04 bits per heavy atom. The molecular formula is C22H22FNO3. The average molecular weight is 367 g/mol. The monoisotopic (exact) mass is 367 g/mol. The minimum Gasteiger partial charge on any atom is -0.466 e. The van der Waals surface area contributed by atoms with Gasteiger partial charge in [0.1, 0.15) is 5.82 Å². The minimum atomic E-state index is -0.332. The summed E-state index contributed by atoms with van der Waals surface area (Å²) in [4.78, 5) is 22.3. The summed E-state index contributed by atoms with van der Waals surface area (Å²) in [7, 11) is 0. The van der Waals surface area contributed by atoms with Crippen molar-refractivity contribution >= 4 is 29.1 Å². The molecule has 0 aromatic heterocycles. The Morgan fingerprint density at radius 3 is 2.30 bits per heavy atom. The lowest BCUT2D eigenvalue weighted by atomic mass is 9.88. The van der Waals surface area contributed by atoms with Crippen molar-refractivity contribution in [1.29, 1.82) is 0 Å². The van der Waals surface area contributed by atoms with Crippen LogP contribution in [0.15, 0.2) is 54.6 Å². The van der Waals surface area contributed by atoms with E-state index in [1.807, 2.05) is 24.3 Å². The number of hydrogen-bond donors (Lipinski definition) is 1.